The van der Waals surface area contributed by atoms with E-state index in [1.807, 2.05) is 12.1 Å². The molecule has 0 radical (unpaired) electrons. The van der Waals surface area contributed by atoms with Crippen molar-refractivity contribution in [3.05, 3.63) is 68.2 Å². The lowest BCUT2D eigenvalue weighted by molar-refractivity contribution is 0.627. The van der Waals surface area contributed by atoms with Gasteiger partial charge in [-0.2, -0.15) is 0 Å². The summed E-state index contributed by atoms with van der Waals surface area (Å²) in [5.41, 5.74) is 6.27. The number of hydrogen-bond donors (Lipinski definition) is 1. The van der Waals surface area contributed by atoms with Crippen LogP contribution < -0.4 is 5.32 Å². The van der Waals surface area contributed by atoms with Crippen LogP contribution in [0.15, 0.2) is 30.3 Å². The Bertz CT molecular complexity index is 630. The maximum Gasteiger partial charge on any atom is 0.0580 e. The molecule has 0 amide bonds. The van der Waals surface area contributed by atoms with Crippen LogP contribution in [-0.2, 0) is 0 Å². The van der Waals surface area contributed by atoms with Gasteiger partial charge in [0.1, 0.15) is 0 Å². The maximum atomic E-state index is 6.17. The van der Waals surface area contributed by atoms with Crippen LogP contribution in [0.3, 0.4) is 0 Å². The third-order valence-electron chi connectivity index (χ3n) is 3.82. The average Bonchev–Trinajstić information content (AvgIpc) is 2.39. The molecule has 1 N–H and O–H groups in total. The molecule has 1 atom stereocenters. The lowest BCUT2D eigenvalue weighted by atomic mass is 9.91. The van der Waals surface area contributed by atoms with Crippen molar-refractivity contribution < 1.29 is 0 Å². The fourth-order valence-corrected chi connectivity index (χ4v) is 3.19. The highest BCUT2D eigenvalue weighted by atomic mass is 35.5. The van der Waals surface area contributed by atoms with Gasteiger partial charge < -0.3 is 5.32 Å². The van der Waals surface area contributed by atoms with Crippen molar-refractivity contribution in [2.45, 2.75) is 33.7 Å². The van der Waals surface area contributed by atoms with Crippen molar-refractivity contribution in [1.29, 1.82) is 0 Å². The molecule has 0 heterocycles. The van der Waals surface area contributed by atoms with E-state index in [-0.39, 0.29) is 6.04 Å². The minimum atomic E-state index is 0.102. The van der Waals surface area contributed by atoms with Crippen molar-refractivity contribution in [2.75, 3.05) is 6.54 Å². The first-order valence-electron chi connectivity index (χ1n) is 7.19. The molecule has 0 aromatic heterocycles. The first-order valence-corrected chi connectivity index (χ1v) is 7.95. The van der Waals surface area contributed by atoms with E-state index in [1.54, 1.807) is 6.07 Å². The molecule has 0 spiro atoms. The van der Waals surface area contributed by atoms with Crippen molar-refractivity contribution in [1.82, 2.24) is 5.32 Å². The number of nitrogens with one attached hydrogen (secondary N) is 1. The molecule has 0 saturated carbocycles. The van der Waals surface area contributed by atoms with Crippen LogP contribution in [0.2, 0.25) is 10.0 Å². The number of rotatable bonds is 4. The minimum absolute atomic E-state index is 0.102. The molecular weight excluding hydrogens is 301 g/mol. The number of aryl methyl sites for hydroxylation is 3. The Balaban J connectivity index is 2.55. The molecular formula is C18H21Cl2N. The summed E-state index contributed by atoms with van der Waals surface area (Å²) in [6.07, 6.45) is 0. The zero-order chi connectivity index (χ0) is 15.6. The molecule has 2 aromatic rings. The SMILES string of the molecule is CCNC(c1cc(Cl)cc(Cl)c1)c1cc(C)c(C)cc1C. The fourth-order valence-electron chi connectivity index (χ4n) is 2.65. The smallest absolute Gasteiger partial charge is 0.0580 e. The van der Waals surface area contributed by atoms with E-state index < -0.39 is 0 Å². The molecule has 21 heavy (non-hydrogen) atoms. The molecule has 0 saturated heterocycles. The van der Waals surface area contributed by atoms with Crippen molar-refractivity contribution in [3.8, 4) is 0 Å². The average molecular weight is 322 g/mol. The molecule has 0 aliphatic carbocycles. The number of halogens is 2. The lowest BCUT2D eigenvalue weighted by Crippen LogP contribution is -2.23. The molecule has 0 aliphatic heterocycles. The Kier molecular flexibility index (Phi) is 5.32. The Morgan fingerprint density at radius 3 is 2.00 bits per heavy atom. The van der Waals surface area contributed by atoms with E-state index >= 15 is 0 Å². The van der Waals surface area contributed by atoms with E-state index in [1.165, 1.54) is 22.3 Å². The van der Waals surface area contributed by atoms with E-state index in [2.05, 4.69) is 45.1 Å². The Morgan fingerprint density at radius 2 is 1.43 bits per heavy atom. The van der Waals surface area contributed by atoms with Crippen LogP contribution in [0, 0.1) is 20.8 Å². The Morgan fingerprint density at radius 1 is 0.857 bits per heavy atom. The van der Waals surface area contributed by atoms with Gasteiger partial charge in [-0.25, -0.2) is 0 Å². The predicted molar refractivity (Wildman–Crippen MR) is 92.6 cm³/mol. The topological polar surface area (TPSA) is 12.0 Å². The van der Waals surface area contributed by atoms with Crippen molar-refractivity contribution in [3.63, 3.8) is 0 Å². The predicted octanol–water partition coefficient (Wildman–Crippen LogP) is 5.62. The minimum Gasteiger partial charge on any atom is -0.307 e. The summed E-state index contributed by atoms with van der Waals surface area (Å²) < 4.78 is 0. The molecule has 0 aliphatic rings. The second-order valence-electron chi connectivity index (χ2n) is 5.49. The molecule has 2 rings (SSSR count). The summed E-state index contributed by atoms with van der Waals surface area (Å²) in [4.78, 5) is 0. The lowest BCUT2D eigenvalue weighted by Gasteiger charge is -2.23. The fraction of sp³-hybridized carbons (Fsp3) is 0.333. The first-order chi connectivity index (χ1) is 9.92. The molecule has 2 aromatic carbocycles. The second-order valence-corrected chi connectivity index (χ2v) is 6.36. The monoisotopic (exact) mass is 321 g/mol. The van der Waals surface area contributed by atoms with E-state index in [0.717, 1.165) is 12.1 Å². The highest BCUT2D eigenvalue weighted by molar-refractivity contribution is 6.34. The van der Waals surface area contributed by atoms with Gasteiger partial charge >= 0.3 is 0 Å². The zero-order valence-electron chi connectivity index (χ0n) is 12.9. The molecule has 1 nitrogen and oxygen atoms in total. The first kappa shape index (κ1) is 16.4. The summed E-state index contributed by atoms with van der Waals surface area (Å²) in [5.74, 6) is 0. The van der Waals surface area contributed by atoms with Crippen LogP contribution in [0.1, 0.15) is 40.8 Å². The van der Waals surface area contributed by atoms with E-state index in [0.29, 0.717) is 10.0 Å². The van der Waals surface area contributed by atoms with Gasteiger partial charge in [0.15, 0.2) is 0 Å². The highest BCUT2D eigenvalue weighted by Crippen LogP contribution is 2.30. The quantitative estimate of drug-likeness (QED) is 0.770. The van der Waals surface area contributed by atoms with Crippen LogP contribution in [0.25, 0.3) is 0 Å². The summed E-state index contributed by atoms with van der Waals surface area (Å²) in [6.45, 7) is 9.42. The zero-order valence-corrected chi connectivity index (χ0v) is 14.4. The van der Waals surface area contributed by atoms with Crippen LogP contribution in [0.4, 0.5) is 0 Å². The van der Waals surface area contributed by atoms with E-state index in [9.17, 15) is 0 Å². The largest absolute Gasteiger partial charge is 0.307 e. The summed E-state index contributed by atoms with van der Waals surface area (Å²) in [7, 11) is 0. The van der Waals surface area contributed by atoms with Crippen molar-refractivity contribution >= 4 is 23.2 Å². The van der Waals surface area contributed by atoms with Gasteiger partial charge in [0.25, 0.3) is 0 Å². The third kappa shape index (κ3) is 3.79. The molecule has 1 unspecified atom stereocenters. The van der Waals surface area contributed by atoms with Gasteiger partial charge in [0.2, 0.25) is 0 Å². The summed E-state index contributed by atoms with van der Waals surface area (Å²) in [6, 6.07) is 10.3. The van der Waals surface area contributed by atoms with E-state index in [4.69, 9.17) is 23.2 Å². The molecule has 0 bridgehead atoms. The Hall–Kier alpha value is -1.02. The van der Waals surface area contributed by atoms with Gasteiger partial charge in [0.05, 0.1) is 6.04 Å². The van der Waals surface area contributed by atoms with Gasteiger partial charge in [-0.3, -0.25) is 0 Å². The summed E-state index contributed by atoms with van der Waals surface area (Å²) in [5, 5.41) is 4.88. The summed E-state index contributed by atoms with van der Waals surface area (Å²) >= 11 is 12.3. The normalized spacial score (nSPS) is 12.5. The van der Waals surface area contributed by atoms with Crippen molar-refractivity contribution in [2.24, 2.45) is 0 Å². The molecule has 112 valence electrons. The van der Waals surface area contributed by atoms with Crippen LogP contribution >= 0.6 is 23.2 Å². The molecule has 3 heteroatoms. The van der Waals surface area contributed by atoms with Crippen LogP contribution in [0.5, 0.6) is 0 Å². The number of hydrogen-bond acceptors (Lipinski definition) is 1. The van der Waals surface area contributed by atoms with Crippen LogP contribution in [-0.4, -0.2) is 6.54 Å². The third-order valence-corrected chi connectivity index (χ3v) is 4.26. The molecule has 0 fully saturated rings. The van der Waals surface area contributed by atoms with Gasteiger partial charge in [-0.1, -0.05) is 42.3 Å². The highest BCUT2D eigenvalue weighted by Gasteiger charge is 2.17. The second kappa shape index (κ2) is 6.83. The number of benzene rings is 2. The van der Waals surface area contributed by atoms with Gasteiger partial charge in [-0.05, 0) is 73.3 Å². The maximum absolute atomic E-state index is 6.17. The van der Waals surface area contributed by atoms with Gasteiger partial charge in [0, 0.05) is 10.0 Å². The standard InChI is InChI=1S/C18H21Cl2N/c1-5-21-18(14-8-15(19)10-16(20)9-14)17-7-12(3)11(2)6-13(17)4/h6-10,18,21H,5H2,1-4H3. The Labute approximate surface area is 137 Å². The van der Waals surface area contributed by atoms with Gasteiger partial charge in [-0.15, -0.1) is 0 Å².